The van der Waals surface area contributed by atoms with Gasteiger partial charge in [0.2, 0.25) is 15.9 Å². The Kier molecular flexibility index (Phi) is 3.82. The maximum atomic E-state index is 12.1. The summed E-state index contributed by atoms with van der Waals surface area (Å²) in [5, 5.41) is 8.76. The summed E-state index contributed by atoms with van der Waals surface area (Å²) in [7, 11) is -3.18. The molecule has 0 unspecified atom stereocenters. The zero-order chi connectivity index (χ0) is 14.2. The predicted molar refractivity (Wildman–Crippen MR) is 66.8 cm³/mol. The molecule has 2 aliphatic heterocycles. The minimum Gasteiger partial charge on any atom is -0.481 e. The third kappa shape index (κ3) is 3.06. The molecule has 8 heteroatoms. The minimum absolute atomic E-state index is 0.0364. The van der Waals surface area contributed by atoms with Crippen molar-refractivity contribution in [2.75, 3.05) is 32.4 Å². The predicted octanol–water partition coefficient (Wildman–Crippen LogP) is -0.799. The van der Waals surface area contributed by atoms with Crippen molar-refractivity contribution in [2.24, 2.45) is 11.8 Å². The molecular weight excluding hydrogens is 272 g/mol. The Balaban J connectivity index is 1.83. The number of carbonyl (C=O) groups excluding carboxylic acids is 1. The summed E-state index contributed by atoms with van der Waals surface area (Å²) in [6.07, 6.45) is 2.20. The second-order valence-electron chi connectivity index (χ2n) is 5.21. The molecule has 2 fully saturated rings. The summed E-state index contributed by atoms with van der Waals surface area (Å²) in [5.74, 6) is -1.52. The van der Waals surface area contributed by atoms with Crippen molar-refractivity contribution < 1.29 is 23.1 Å². The van der Waals surface area contributed by atoms with Crippen molar-refractivity contribution in [3.8, 4) is 0 Å². The zero-order valence-electron chi connectivity index (χ0n) is 10.8. The van der Waals surface area contributed by atoms with Crippen molar-refractivity contribution in [1.29, 1.82) is 0 Å². The Bertz CT molecular complexity index is 475. The van der Waals surface area contributed by atoms with E-state index in [0.29, 0.717) is 25.9 Å². The smallest absolute Gasteiger partial charge is 0.310 e. The lowest BCUT2D eigenvalue weighted by Gasteiger charge is -2.40. The van der Waals surface area contributed by atoms with Crippen molar-refractivity contribution in [3.05, 3.63) is 0 Å². The van der Waals surface area contributed by atoms with E-state index in [4.69, 9.17) is 5.11 Å². The van der Waals surface area contributed by atoms with Gasteiger partial charge in [0.15, 0.2) is 0 Å². The molecule has 108 valence electrons. The van der Waals surface area contributed by atoms with Crippen LogP contribution >= 0.6 is 0 Å². The number of amides is 1. The van der Waals surface area contributed by atoms with Gasteiger partial charge in [0.05, 0.1) is 12.2 Å². The van der Waals surface area contributed by atoms with Gasteiger partial charge in [0.25, 0.3) is 0 Å². The van der Waals surface area contributed by atoms with Crippen LogP contribution in [0.3, 0.4) is 0 Å². The van der Waals surface area contributed by atoms with E-state index in [2.05, 4.69) is 0 Å². The van der Waals surface area contributed by atoms with E-state index in [-0.39, 0.29) is 24.9 Å². The number of nitrogens with zero attached hydrogens (tertiary/aromatic N) is 2. The highest BCUT2D eigenvalue weighted by atomic mass is 32.2. The number of hydrogen-bond donors (Lipinski definition) is 1. The third-order valence-corrected chi connectivity index (χ3v) is 5.12. The SMILES string of the molecule is CS(=O)(=O)N1CCC(C(=O)N2CC(C(=O)O)C2)CC1. The molecule has 0 bridgehead atoms. The van der Waals surface area contributed by atoms with E-state index in [1.165, 1.54) is 10.6 Å². The molecule has 7 nitrogen and oxygen atoms in total. The molecule has 1 N–H and O–H groups in total. The molecule has 2 aliphatic rings. The molecule has 1 amide bonds. The number of aliphatic carboxylic acids is 1. The lowest BCUT2D eigenvalue weighted by molar-refractivity contribution is -0.155. The van der Waals surface area contributed by atoms with Crippen LogP contribution in [0.15, 0.2) is 0 Å². The number of carboxylic acids is 1. The van der Waals surface area contributed by atoms with Gasteiger partial charge in [-0.3, -0.25) is 9.59 Å². The van der Waals surface area contributed by atoms with Gasteiger partial charge in [-0.05, 0) is 12.8 Å². The summed E-state index contributed by atoms with van der Waals surface area (Å²) < 4.78 is 24.1. The van der Waals surface area contributed by atoms with Gasteiger partial charge in [-0.25, -0.2) is 12.7 Å². The standard InChI is InChI=1S/C11H18N2O5S/c1-19(17,18)13-4-2-8(3-5-13)10(14)12-6-9(7-12)11(15)16/h8-9H,2-7H2,1H3,(H,15,16). The van der Waals surface area contributed by atoms with Crippen LogP contribution in [0.4, 0.5) is 0 Å². The van der Waals surface area contributed by atoms with Crippen LogP contribution in [0.1, 0.15) is 12.8 Å². The number of carbonyl (C=O) groups is 2. The highest BCUT2D eigenvalue weighted by Gasteiger charge is 2.39. The molecule has 0 aromatic rings. The van der Waals surface area contributed by atoms with Crippen LogP contribution in [0.25, 0.3) is 0 Å². The molecular formula is C11H18N2O5S. The van der Waals surface area contributed by atoms with Gasteiger partial charge in [0.1, 0.15) is 0 Å². The monoisotopic (exact) mass is 290 g/mol. The van der Waals surface area contributed by atoms with E-state index in [1.807, 2.05) is 0 Å². The molecule has 0 radical (unpaired) electrons. The number of carboxylic acid groups (broad SMARTS) is 1. The number of hydrogen-bond acceptors (Lipinski definition) is 4. The highest BCUT2D eigenvalue weighted by molar-refractivity contribution is 7.88. The van der Waals surface area contributed by atoms with Crippen LogP contribution in [-0.2, 0) is 19.6 Å². The van der Waals surface area contributed by atoms with Gasteiger partial charge in [-0.1, -0.05) is 0 Å². The number of likely N-dealkylation sites (tertiary alicyclic amines) is 1. The molecule has 0 spiro atoms. The Hall–Kier alpha value is -1.15. The summed E-state index contributed by atoms with van der Waals surface area (Å²) in [5.41, 5.74) is 0. The van der Waals surface area contributed by atoms with Crippen LogP contribution in [0, 0.1) is 11.8 Å². The molecule has 2 heterocycles. The van der Waals surface area contributed by atoms with E-state index >= 15 is 0 Å². The van der Waals surface area contributed by atoms with E-state index in [0.717, 1.165) is 0 Å². The summed E-state index contributed by atoms with van der Waals surface area (Å²) >= 11 is 0. The molecule has 2 rings (SSSR count). The number of piperidine rings is 1. The quantitative estimate of drug-likeness (QED) is 0.734. The average Bonchev–Trinajstić information content (AvgIpc) is 2.25. The Morgan fingerprint density at radius 1 is 1.11 bits per heavy atom. The first-order valence-electron chi connectivity index (χ1n) is 6.25. The van der Waals surface area contributed by atoms with Crippen molar-refractivity contribution in [1.82, 2.24) is 9.21 Å². The molecule has 0 saturated carbocycles. The molecule has 0 atom stereocenters. The first-order valence-corrected chi connectivity index (χ1v) is 8.10. The molecule has 0 aromatic carbocycles. The summed E-state index contributed by atoms with van der Waals surface area (Å²) in [4.78, 5) is 24.3. The normalized spacial score (nSPS) is 23.1. The second-order valence-corrected chi connectivity index (χ2v) is 7.20. The van der Waals surface area contributed by atoms with E-state index < -0.39 is 21.9 Å². The summed E-state index contributed by atoms with van der Waals surface area (Å²) in [6.45, 7) is 1.29. The van der Waals surface area contributed by atoms with E-state index in [1.54, 1.807) is 4.90 Å². The zero-order valence-corrected chi connectivity index (χ0v) is 11.6. The van der Waals surface area contributed by atoms with Crippen molar-refractivity contribution in [2.45, 2.75) is 12.8 Å². The third-order valence-electron chi connectivity index (χ3n) is 3.81. The van der Waals surface area contributed by atoms with Gasteiger partial charge in [-0.15, -0.1) is 0 Å². The minimum atomic E-state index is -3.18. The Morgan fingerprint density at radius 2 is 1.63 bits per heavy atom. The van der Waals surface area contributed by atoms with Crippen LogP contribution in [-0.4, -0.2) is 67.0 Å². The number of sulfonamides is 1. The van der Waals surface area contributed by atoms with Crippen molar-refractivity contribution >= 4 is 21.9 Å². The lowest BCUT2D eigenvalue weighted by atomic mass is 9.92. The van der Waals surface area contributed by atoms with Crippen LogP contribution in [0.2, 0.25) is 0 Å². The van der Waals surface area contributed by atoms with E-state index in [9.17, 15) is 18.0 Å². The fourth-order valence-electron chi connectivity index (χ4n) is 2.51. The average molecular weight is 290 g/mol. The number of rotatable bonds is 3. The highest BCUT2D eigenvalue weighted by Crippen LogP contribution is 2.25. The second kappa shape index (κ2) is 5.09. The Labute approximate surface area is 112 Å². The van der Waals surface area contributed by atoms with Gasteiger partial charge in [-0.2, -0.15) is 0 Å². The molecule has 2 saturated heterocycles. The topological polar surface area (TPSA) is 95.0 Å². The Morgan fingerprint density at radius 3 is 2.05 bits per heavy atom. The van der Waals surface area contributed by atoms with Crippen LogP contribution < -0.4 is 0 Å². The van der Waals surface area contributed by atoms with Gasteiger partial charge in [0, 0.05) is 32.1 Å². The molecule has 0 aromatic heterocycles. The van der Waals surface area contributed by atoms with Gasteiger partial charge >= 0.3 is 5.97 Å². The fourth-order valence-corrected chi connectivity index (χ4v) is 3.38. The first-order chi connectivity index (χ1) is 8.79. The van der Waals surface area contributed by atoms with Crippen molar-refractivity contribution in [3.63, 3.8) is 0 Å². The lowest BCUT2D eigenvalue weighted by Crippen LogP contribution is -2.55. The van der Waals surface area contributed by atoms with Crippen LogP contribution in [0.5, 0.6) is 0 Å². The maximum absolute atomic E-state index is 12.1. The summed E-state index contributed by atoms with van der Waals surface area (Å²) in [6, 6.07) is 0. The molecule has 19 heavy (non-hydrogen) atoms. The van der Waals surface area contributed by atoms with Gasteiger partial charge < -0.3 is 10.0 Å². The molecule has 0 aliphatic carbocycles. The first kappa shape index (κ1) is 14.3. The maximum Gasteiger partial charge on any atom is 0.310 e. The largest absolute Gasteiger partial charge is 0.481 e. The fraction of sp³-hybridized carbons (Fsp3) is 0.818.